The van der Waals surface area contributed by atoms with Crippen LogP contribution in [-0.2, 0) is 4.79 Å². The standard InChI is InChI=1S/C9H15N3O/c1-6(12-9(2,3)4)7(5-10)8(11)13/h12H,1-4H3,(H2,11,13)/b7-6-. The third kappa shape index (κ3) is 4.16. The Labute approximate surface area is 78.4 Å². The first-order chi connectivity index (χ1) is 5.78. The second kappa shape index (κ2) is 3.94. The van der Waals surface area contributed by atoms with E-state index in [0.717, 1.165) is 0 Å². The number of primary amides is 1. The van der Waals surface area contributed by atoms with Crippen LogP contribution < -0.4 is 11.1 Å². The summed E-state index contributed by atoms with van der Waals surface area (Å²) in [7, 11) is 0. The number of allylic oxidation sites excluding steroid dienone is 1. The molecule has 0 bridgehead atoms. The van der Waals surface area contributed by atoms with Crippen molar-refractivity contribution in [1.29, 1.82) is 5.26 Å². The molecule has 0 saturated carbocycles. The van der Waals surface area contributed by atoms with Crippen LogP contribution in [0.25, 0.3) is 0 Å². The van der Waals surface area contributed by atoms with Crippen LogP contribution in [0, 0.1) is 11.3 Å². The molecule has 1 amide bonds. The second-order valence-corrected chi connectivity index (χ2v) is 3.85. The summed E-state index contributed by atoms with van der Waals surface area (Å²) in [6.45, 7) is 7.47. The zero-order valence-electron chi connectivity index (χ0n) is 8.43. The fourth-order valence-electron chi connectivity index (χ4n) is 0.949. The molecule has 0 atom stereocenters. The van der Waals surface area contributed by atoms with Crippen molar-refractivity contribution in [2.24, 2.45) is 5.73 Å². The molecule has 0 fully saturated rings. The molecular formula is C9H15N3O. The summed E-state index contributed by atoms with van der Waals surface area (Å²) in [5.41, 5.74) is 5.33. The predicted molar refractivity (Wildman–Crippen MR) is 50.4 cm³/mol. The van der Waals surface area contributed by atoms with E-state index in [4.69, 9.17) is 11.0 Å². The highest BCUT2D eigenvalue weighted by molar-refractivity contribution is 5.96. The molecule has 72 valence electrons. The summed E-state index contributed by atoms with van der Waals surface area (Å²) >= 11 is 0. The number of nitriles is 1. The molecule has 0 spiro atoms. The number of carbonyl (C=O) groups excluding carboxylic acids is 1. The second-order valence-electron chi connectivity index (χ2n) is 3.85. The Morgan fingerprint density at radius 3 is 2.15 bits per heavy atom. The van der Waals surface area contributed by atoms with Crippen LogP contribution in [0.5, 0.6) is 0 Å². The lowest BCUT2D eigenvalue weighted by atomic mass is 10.1. The number of nitrogens with one attached hydrogen (secondary N) is 1. The number of nitrogens with zero attached hydrogens (tertiary/aromatic N) is 1. The lowest BCUT2D eigenvalue weighted by molar-refractivity contribution is -0.114. The van der Waals surface area contributed by atoms with E-state index in [1.807, 2.05) is 20.8 Å². The van der Waals surface area contributed by atoms with Crippen molar-refractivity contribution in [1.82, 2.24) is 5.32 Å². The Bertz CT molecular complexity index is 278. The summed E-state index contributed by atoms with van der Waals surface area (Å²) in [4.78, 5) is 10.8. The number of amides is 1. The van der Waals surface area contributed by atoms with Crippen LogP contribution in [0.3, 0.4) is 0 Å². The Hall–Kier alpha value is -1.50. The molecule has 0 radical (unpaired) electrons. The molecule has 13 heavy (non-hydrogen) atoms. The molecule has 0 aliphatic carbocycles. The first-order valence-corrected chi connectivity index (χ1v) is 3.97. The lowest BCUT2D eigenvalue weighted by Crippen LogP contribution is -2.35. The van der Waals surface area contributed by atoms with Crippen molar-refractivity contribution in [3.8, 4) is 6.07 Å². The highest BCUT2D eigenvalue weighted by atomic mass is 16.1. The van der Waals surface area contributed by atoms with Gasteiger partial charge < -0.3 is 11.1 Å². The van der Waals surface area contributed by atoms with Gasteiger partial charge in [0.25, 0.3) is 5.91 Å². The smallest absolute Gasteiger partial charge is 0.261 e. The van der Waals surface area contributed by atoms with Crippen molar-refractivity contribution < 1.29 is 4.79 Å². The van der Waals surface area contributed by atoms with E-state index in [1.54, 1.807) is 13.0 Å². The summed E-state index contributed by atoms with van der Waals surface area (Å²) in [5, 5.41) is 11.6. The molecule has 4 nitrogen and oxygen atoms in total. The van der Waals surface area contributed by atoms with E-state index in [9.17, 15) is 4.79 Å². The Morgan fingerprint density at radius 2 is 1.92 bits per heavy atom. The van der Waals surface area contributed by atoms with Gasteiger partial charge >= 0.3 is 0 Å². The highest BCUT2D eigenvalue weighted by Crippen LogP contribution is 2.06. The number of nitrogens with two attached hydrogens (primary N) is 1. The van der Waals surface area contributed by atoms with Crippen molar-refractivity contribution in [2.45, 2.75) is 33.2 Å². The van der Waals surface area contributed by atoms with Gasteiger partial charge in [-0.05, 0) is 27.7 Å². The van der Waals surface area contributed by atoms with Gasteiger partial charge in [0.2, 0.25) is 0 Å². The third-order valence-corrected chi connectivity index (χ3v) is 1.30. The minimum atomic E-state index is -0.697. The topological polar surface area (TPSA) is 78.9 Å². The summed E-state index contributed by atoms with van der Waals surface area (Å²) in [6.07, 6.45) is 0. The monoisotopic (exact) mass is 181 g/mol. The average molecular weight is 181 g/mol. The maximum Gasteiger partial charge on any atom is 0.261 e. The van der Waals surface area contributed by atoms with E-state index in [-0.39, 0.29) is 11.1 Å². The summed E-state index contributed by atoms with van der Waals surface area (Å²) < 4.78 is 0. The van der Waals surface area contributed by atoms with Crippen LogP contribution in [0.4, 0.5) is 0 Å². The number of hydrogen-bond donors (Lipinski definition) is 2. The molecule has 3 N–H and O–H groups in total. The number of rotatable bonds is 2. The van der Waals surface area contributed by atoms with Crippen molar-refractivity contribution in [3.05, 3.63) is 11.3 Å². The lowest BCUT2D eigenvalue weighted by Gasteiger charge is -2.22. The van der Waals surface area contributed by atoms with Crippen molar-refractivity contribution >= 4 is 5.91 Å². The van der Waals surface area contributed by atoms with E-state index in [0.29, 0.717) is 5.70 Å². The molecule has 0 rings (SSSR count). The van der Waals surface area contributed by atoms with Crippen molar-refractivity contribution in [2.75, 3.05) is 0 Å². The molecule has 0 aromatic rings. The van der Waals surface area contributed by atoms with Gasteiger partial charge in [-0.1, -0.05) is 0 Å². The molecule has 4 heteroatoms. The van der Waals surface area contributed by atoms with Gasteiger partial charge in [0.05, 0.1) is 0 Å². The maximum absolute atomic E-state index is 10.8. The van der Waals surface area contributed by atoms with Crippen LogP contribution in [0.1, 0.15) is 27.7 Å². The minimum Gasteiger partial charge on any atom is -0.383 e. The summed E-state index contributed by atoms with van der Waals surface area (Å²) in [6, 6.07) is 1.77. The first-order valence-electron chi connectivity index (χ1n) is 3.97. The van der Waals surface area contributed by atoms with Gasteiger partial charge in [0, 0.05) is 11.2 Å². The van der Waals surface area contributed by atoms with Crippen LogP contribution in [-0.4, -0.2) is 11.4 Å². The van der Waals surface area contributed by atoms with Crippen LogP contribution in [0.2, 0.25) is 0 Å². The molecule has 0 unspecified atom stereocenters. The molecule has 0 saturated heterocycles. The zero-order valence-corrected chi connectivity index (χ0v) is 8.43. The fraction of sp³-hybridized carbons (Fsp3) is 0.556. The van der Waals surface area contributed by atoms with Crippen molar-refractivity contribution in [3.63, 3.8) is 0 Å². The van der Waals surface area contributed by atoms with Gasteiger partial charge in [-0.3, -0.25) is 4.79 Å². The molecule has 0 aliphatic rings. The normalized spacial score (nSPS) is 12.8. The highest BCUT2D eigenvalue weighted by Gasteiger charge is 2.14. The molecule has 0 aliphatic heterocycles. The SMILES string of the molecule is C/C(NC(C)(C)C)=C(\C#N)C(N)=O. The number of carbonyl (C=O) groups is 1. The van der Waals surface area contributed by atoms with Gasteiger partial charge in [0.1, 0.15) is 11.6 Å². The average Bonchev–Trinajstić information content (AvgIpc) is 1.82. The van der Waals surface area contributed by atoms with Gasteiger partial charge in [-0.2, -0.15) is 5.26 Å². The van der Waals surface area contributed by atoms with Crippen LogP contribution in [0.15, 0.2) is 11.3 Å². The van der Waals surface area contributed by atoms with E-state index in [1.165, 1.54) is 0 Å². The number of hydrogen-bond acceptors (Lipinski definition) is 3. The van der Waals surface area contributed by atoms with E-state index in [2.05, 4.69) is 5.32 Å². The fourth-order valence-corrected chi connectivity index (χ4v) is 0.949. The molecular weight excluding hydrogens is 166 g/mol. The quantitative estimate of drug-likeness (QED) is 0.485. The summed E-state index contributed by atoms with van der Waals surface area (Å²) in [5.74, 6) is -0.697. The Morgan fingerprint density at radius 1 is 1.46 bits per heavy atom. The van der Waals surface area contributed by atoms with Gasteiger partial charge in [0.15, 0.2) is 0 Å². The molecule has 0 aromatic heterocycles. The zero-order chi connectivity index (χ0) is 10.6. The van der Waals surface area contributed by atoms with Gasteiger partial charge in [-0.25, -0.2) is 0 Å². The Balaban J connectivity index is 4.82. The molecule has 0 heterocycles. The largest absolute Gasteiger partial charge is 0.383 e. The first kappa shape index (κ1) is 11.5. The molecule has 0 aromatic carbocycles. The maximum atomic E-state index is 10.8. The Kier molecular flexibility index (Phi) is 3.49. The predicted octanol–water partition coefficient (Wildman–Crippen LogP) is 0.657. The van der Waals surface area contributed by atoms with E-state index >= 15 is 0 Å². The third-order valence-electron chi connectivity index (χ3n) is 1.30. The minimum absolute atomic E-state index is 0.0186. The van der Waals surface area contributed by atoms with Crippen LogP contribution >= 0.6 is 0 Å². The van der Waals surface area contributed by atoms with Gasteiger partial charge in [-0.15, -0.1) is 0 Å². The van der Waals surface area contributed by atoms with E-state index < -0.39 is 5.91 Å².